The summed E-state index contributed by atoms with van der Waals surface area (Å²) in [6, 6.07) is 57.7. The number of para-hydroxylation sites is 1. The summed E-state index contributed by atoms with van der Waals surface area (Å²) in [6.07, 6.45) is 0. The largest absolute Gasteiger partial charge is 0.457 e. The van der Waals surface area contributed by atoms with Crippen LogP contribution in [0.1, 0.15) is 22.3 Å². The van der Waals surface area contributed by atoms with Crippen LogP contribution in [0.25, 0.3) is 54.6 Å². The second-order valence-corrected chi connectivity index (χ2v) is 13.3. The van der Waals surface area contributed by atoms with Crippen molar-refractivity contribution in [3.63, 3.8) is 0 Å². The first-order valence-electron chi connectivity index (χ1n) is 18.0. The van der Waals surface area contributed by atoms with Gasteiger partial charge in [0.1, 0.15) is 22.7 Å². The number of furan rings is 1. The first kappa shape index (κ1) is 32.8. The molecule has 9 aromatic rings. The van der Waals surface area contributed by atoms with Crippen LogP contribution < -0.4 is 4.74 Å². The lowest BCUT2D eigenvalue weighted by molar-refractivity contribution is 0.480. The Hall–Kier alpha value is -7.11. The molecule has 0 atom stereocenters. The third kappa shape index (κ3) is 6.22. The summed E-state index contributed by atoms with van der Waals surface area (Å²) in [5.74, 6) is 2.63. The van der Waals surface area contributed by atoms with Crippen LogP contribution in [0.2, 0.25) is 0 Å². The van der Waals surface area contributed by atoms with Gasteiger partial charge in [-0.25, -0.2) is 9.98 Å². The maximum Gasteiger partial charge on any atom is 0.161 e. The van der Waals surface area contributed by atoms with Gasteiger partial charge in [0.05, 0.1) is 6.54 Å². The highest BCUT2D eigenvalue weighted by Crippen LogP contribution is 2.41. The van der Waals surface area contributed by atoms with Gasteiger partial charge in [0.25, 0.3) is 0 Å². The molecule has 0 spiro atoms. The van der Waals surface area contributed by atoms with E-state index in [1.807, 2.05) is 78.9 Å². The topological polar surface area (TPSA) is 59.5 Å². The third-order valence-electron chi connectivity index (χ3n) is 9.91. The van der Waals surface area contributed by atoms with E-state index in [-0.39, 0.29) is 0 Å². The maximum atomic E-state index is 6.68. The number of fused-ring (bicyclic) bond motifs is 5. The molecule has 9 rings (SSSR count). The molecule has 0 fully saturated rings. The molecule has 1 heterocycles. The van der Waals surface area contributed by atoms with E-state index in [0.29, 0.717) is 18.2 Å². The molecule has 54 heavy (non-hydrogen) atoms. The van der Waals surface area contributed by atoms with Gasteiger partial charge < -0.3 is 9.15 Å². The van der Waals surface area contributed by atoms with Crippen molar-refractivity contribution >= 4 is 61.9 Å². The Morgan fingerprint density at radius 1 is 0.611 bits per heavy atom. The average Bonchev–Trinajstić information content (AvgIpc) is 3.62. The van der Waals surface area contributed by atoms with Gasteiger partial charge in [-0.05, 0) is 82.2 Å². The van der Waals surface area contributed by atoms with E-state index >= 15 is 0 Å². The zero-order valence-corrected chi connectivity index (χ0v) is 29.7. The average molecular weight is 698 g/mol. The standard InChI is InChI=1S/C49H35N3O2/c1-32-40(19-11-23-44(32)53-39-28-27-35-14-7-9-18-38(35)30-39)41-20-10-21-42-46-43(22-12-24-45(46)54-47(41)42)49(50-2)52-48(36-15-4-3-5-16-36)51-31-33-25-26-34-13-6-8-17-37(34)29-33/h3-30H,2,31H2,1H3. The first-order chi connectivity index (χ1) is 26.6. The quantitative estimate of drug-likeness (QED) is 0.123. The van der Waals surface area contributed by atoms with Gasteiger partial charge in [-0.3, -0.25) is 4.99 Å². The van der Waals surface area contributed by atoms with E-state index in [2.05, 4.69) is 110 Å². The summed E-state index contributed by atoms with van der Waals surface area (Å²) in [6.45, 7) is 6.52. The van der Waals surface area contributed by atoms with Crippen LogP contribution in [-0.4, -0.2) is 18.4 Å². The Morgan fingerprint density at radius 3 is 2.09 bits per heavy atom. The van der Waals surface area contributed by atoms with Crippen molar-refractivity contribution in [2.45, 2.75) is 13.5 Å². The molecule has 0 saturated carbocycles. The van der Waals surface area contributed by atoms with E-state index in [1.165, 1.54) is 16.2 Å². The van der Waals surface area contributed by atoms with Crippen molar-refractivity contribution in [2.75, 3.05) is 0 Å². The van der Waals surface area contributed by atoms with E-state index in [4.69, 9.17) is 19.1 Å². The molecule has 0 saturated heterocycles. The zero-order chi connectivity index (χ0) is 36.4. The van der Waals surface area contributed by atoms with Crippen LogP contribution in [0, 0.1) is 6.92 Å². The van der Waals surface area contributed by atoms with Crippen LogP contribution >= 0.6 is 0 Å². The molecule has 0 N–H and O–H groups in total. The monoisotopic (exact) mass is 697 g/mol. The van der Waals surface area contributed by atoms with Crippen molar-refractivity contribution < 1.29 is 9.15 Å². The summed E-state index contributed by atoms with van der Waals surface area (Å²) >= 11 is 0. The predicted octanol–water partition coefficient (Wildman–Crippen LogP) is 12.8. The van der Waals surface area contributed by atoms with Gasteiger partial charge in [0.15, 0.2) is 11.7 Å². The zero-order valence-electron chi connectivity index (χ0n) is 29.7. The Bertz CT molecular complexity index is 2920. The molecule has 0 aliphatic rings. The maximum absolute atomic E-state index is 6.68. The minimum Gasteiger partial charge on any atom is -0.457 e. The molecule has 0 radical (unpaired) electrons. The molecule has 0 bridgehead atoms. The molecule has 0 unspecified atom stereocenters. The van der Waals surface area contributed by atoms with Crippen molar-refractivity contribution in [1.82, 2.24) is 0 Å². The molecule has 5 heteroatoms. The molecular formula is C49H35N3O2. The summed E-state index contributed by atoms with van der Waals surface area (Å²) < 4.78 is 13.2. The van der Waals surface area contributed by atoms with Gasteiger partial charge in [-0.15, -0.1) is 0 Å². The summed E-state index contributed by atoms with van der Waals surface area (Å²) in [4.78, 5) is 14.6. The lowest BCUT2D eigenvalue weighted by Gasteiger charge is -2.13. The van der Waals surface area contributed by atoms with Crippen LogP contribution in [0.4, 0.5) is 0 Å². The van der Waals surface area contributed by atoms with E-state index in [0.717, 1.165) is 72.2 Å². The number of benzene rings is 8. The van der Waals surface area contributed by atoms with Crippen molar-refractivity contribution in [3.8, 4) is 22.6 Å². The minimum atomic E-state index is 0.466. The summed E-state index contributed by atoms with van der Waals surface area (Å²) in [5.41, 5.74) is 7.35. The van der Waals surface area contributed by atoms with Crippen LogP contribution in [-0.2, 0) is 6.54 Å². The molecule has 8 aromatic carbocycles. The molecular weight excluding hydrogens is 663 g/mol. The van der Waals surface area contributed by atoms with E-state index in [9.17, 15) is 0 Å². The van der Waals surface area contributed by atoms with Gasteiger partial charge in [-0.1, -0.05) is 140 Å². The van der Waals surface area contributed by atoms with Crippen LogP contribution in [0.3, 0.4) is 0 Å². The second-order valence-electron chi connectivity index (χ2n) is 13.3. The lowest BCUT2D eigenvalue weighted by Crippen LogP contribution is -2.06. The van der Waals surface area contributed by atoms with E-state index < -0.39 is 0 Å². The smallest absolute Gasteiger partial charge is 0.161 e. The number of nitrogens with zero attached hydrogens (tertiary/aromatic N) is 3. The van der Waals surface area contributed by atoms with Crippen LogP contribution in [0.15, 0.2) is 189 Å². The van der Waals surface area contributed by atoms with Gasteiger partial charge >= 0.3 is 0 Å². The van der Waals surface area contributed by atoms with Crippen LogP contribution in [0.5, 0.6) is 11.5 Å². The number of hydrogen-bond donors (Lipinski definition) is 0. The number of hydrogen-bond acceptors (Lipinski definition) is 3. The normalized spacial score (nSPS) is 12.2. The molecule has 1 aromatic heterocycles. The number of amidine groups is 2. The van der Waals surface area contributed by atoms with Crippen molar-refractivity contribution in [2.24, 2.45) is 15.0 Å². The predicted molar refractivity (Wildman–Crippen MR) is 225 cm³/mol. The highest BCUT2D eigenvalue weighted by molar-refractivity contribution is 6.23. The molecule has 258 valence electrons. The molecule has 0 aliphatic carbocycles. The molecule has 0 aliphatic heterocycles. The van der Waals surface area contributed by atoms with Gasteiger partial charge in [-0.2, -0.15) is 0 Å². The minimum absolute atomic E-state index is 0.466. The van der Waals surface area contributed by atoms with E-state index in [1.54, 1.807) is 0 Å². The molecule has 5 nitrogen and oxygen atoms in total. The Labute approximate surface area is 313 Å². The summed E-state index contributed by atoms with van der Waals surface area (Å²) in [7, 11) is 0. The number of rotatable bonds is 7. The van der Waals surface area contributed by atoms with Crippen molar-refractivity contribution in [3.05, 3.63) is 192 Å². The Morgan fingerprint density at radius 2 is 1.30 bits per heavy atom. The number of ether oxygens (including phenoxy) is 1. The molecule has 0 amide bonds. The van der Waals surface area contributed by atoms with Gasteiger partial charge in [0.2, 0.25) is 0 Å². The SMILES string of the molecule is C=NC(=NC(=NCc1ccc2ccccc2c1)c1ccccc1)c1cccc2oc3c(-c4cccc(Oc5ccc6ccccc6c5)c4C)cccc3c12. The lowest BCUT2D eigenvalue weighted by atomic mass is 9.97. The fourth-order valence-electron chi connectivity index (χ4n) is 7.18. The Balaban J connectivity index is 1.12. The second kappa shape index (κ2) is 14.1. The third-order valence-corrected chi connectivity index (χ3v) is 9.91. The summed E-state index contributed by atoms with van der Waals surface area (Å²) in [5, 5.41) is 6.57. The number of aliphatic imine (C=N–C) groups is 3. The highest BCUT2D eigenvalue weighted by Gasteiger charge is 2.19. The fraction of sp³-hybridized carbons (Fsp3) is 0.0408. The Kier molecular flexibility index (Phi) is 8.58. The highest BCUT2D eigenvalue weighted by atomic mass is 16.5. The fourth-order valence-corrected chi connectivity index (χ4v) is 7.18. The van der Waals surface area contributed by atoms with Gasteiger partial charge in [0, 0.05) is 27.5 Å². The first-order valence-corrected chi connectivity index (χ1v) is 18.0. The van der Waals surface area contributed by atoms with Crippen molar-refractivity contribution in [1.29, 1.82) is 0 Å².